The number of halogens is 1. The summed E-state index contributed by atoms with van der Waals surface area (Å²) in [5.74, 6) is -0.678. The predicted octanol–water partition coefficient (Wildman–Crippen LogP) is 3.80. The van der Waals surface area contributed by atoms with E-state index in [4.69, 9.17) is 4.74 Å². The summed E-state index contributed by atoms with van der Waals surface area (Å²) < 4.78 is 46.8. The third-order valence-corrected chi connectivity index (χ3v) is 7.00. The number of ether oxygens (including phenoxy) is 1. The fraction of sp³-hybridized carbons (Fsp3) is 0.208. The third-order valence-electron chi connectivity index (χ3n) is 5.28. The number of hydrogen-bond acceptors (Lipinski definition) is 4. The molecule has 6 nitrogen and oxygen atoms in total. The first-order valence-corrected chi connectivity index (χ1v) is 11.8. The minimum absolute atomic E-state index is 0.145. The van der Waals surface area contributed by atoms with Gasteiger partial charge in [-0.05, 0) is 42.3 Å². The SMILES string of the molecule is C[C@H](NC(=O)[C@@H]1CN(S(=O)(=O)Cc2ccccc2)c2ccccc2O1)c1ccc(F)cc1. The fourth-order valence-corrected chi connectivity index (χ4v) is 5.19. The molecule has 3 aromatic rings. The summed E-state index contributed by atoms with van der Waals surface area (Å²) in [7, 11) is -3.77. The Hall–Kier alpha value is -3.39. The number of amides is 1. The Kier molecular flexibility index (Phi) is 6.14. The fourth-order valence-electron chi connectivity index (χ4n) is 3.61. The van der Waals surface area contributed by atoms with Crippen LogP contribution in [0.25, 0.3) is 0 Å². The van der Waals surface area contributed by atoms with E-state index in [0.717, 1.165) is 5.56 Å². The van der Waals surface area contributed by atoms with Gasteiger partial charge < -0.3 is 10.1 Å². The number of anilines is 1. The first kappa shape index (κ1) is 21.8. The van der Waals surface area contributed by atoms with Crippen molar-refractivity contribution >= 4 is 21.6 Å². The quantitative estimate of drug-likeness (QED) is 0.615. The molecule has 0 saturated carbocycles. The van der Waals surface area contributed by atoms with E-state index in [-0.39, 0.29) is 18.1 Å². The number of carbonyl (C=O) groups is 1. The molecule has 1 amide bonds. The molecule has 0 spiro atoms. The summed E-state index contributed by atoms with van der Waals surface area (Å²) in [5.41, 5.74) is 1.78. The molecule has 3 aromatic carbocycles. The molecule has 2 atom stereocenters. The molecule has 0 saturated heterocycles. The molecular formula is C24H23FN2O4S. The van der Waals surface area contributed by atoms with Gasteiger partial charge in [0.25, 0.3) is 5.91 Å². The van der Waals surface area contributed by atoms with E-state index >= 15 is 0 Å². The van der Waals surface area contributed by atoms with Crippen LogP contribution in [0.2, 0.25) is 0 Å². The second-order valence-corrected chi connectivity index (χ2v) is 9.52. The van der Waals surface area contributed by atoms with Crippen molar-refractivity contribution in [2.75, 3.05) is 10.8 Å². The zero-order valence-corrected chi connectivity index (χ0v) is 18.3. The van der Waals surface area contributed by atoms with Crippen LogP contribution in [0, 0.1) is 5.82 Å². The minimum Gasteiger partial charge on any atom is -0.476 e. The summed E-state index contributed by atoms with van der Waals surface area (Å²) in [4.78, 5) is 13.0. The van der Waals surface area contributed by atoms with Gasteiger partial charge in [-0.2, -0.15) is 0 Å². The maximum atomic E-state index is 13.3. The van der Waals surface area contributed by atoms with Crippen LogP contribution in [0.4, 0.5) is 10.1 Å². The molecule has 1 aliphatic rings. The van der Waals surface area contributed by atoms with Crippen molar-refractivity contribution in [1.82, 2.24) is 5.32 Å². The van der Waals surface area contributed by atoms with Crippen molar-refractivity contribution in [1.29, 1.82) is 0 Å². The van der Waals surface area contributed by atoms with Gasteiger partial charge in [0.2, 0.25) is 10.0 Å². The molecule has 0 fully saturated rings. The topological polar surface area (TPSA) is 75.7 Å². The molecular weight excluding hydrogens is 431 g/mol. The molecule has 0 bridgehead atoms. The van der Waals surface area contributed by atoms with Crippen molar-refractivity contribution in [3.8, 4) is 5.75 Å². The van der Waals surface area contributed by atoms with Crippen molar-refractivity contribution < 1.29 is 22.3 Å². The molecule has 4 rings (SSSR count). The second kappa shape index (κ2) is 9.00. The van der Waals surface area contributed by atoms with Gasteiger partial charge in [0, 0.05) is 0 Å². The lowest BCUT2D eigenvalue weighted by Gasteiger charge is -2.35. The van der Waals surface area contributed by atoms with Crippen molar-refractivity contribution in [2.45, 2.75) is 24.8 Å². The van der Waals surface area contributed by atoms with Crippen LogP contribution in [0.5, 0.6) is 5.75 Å². The monoisotopic (exact) mass is 454 g/mol. The molecule has 166 valence electrons. The summed E-state index contributed by atoms with van der Waals surface area (Å²) in [6, 6.07) is 21.1. The zero-order chi connectivity index (χ0) is 22.7. The normalized spacial score (nSPS) is 16.6. The maximum Gasteiger partial charge on any atom is 0.263 e. The van der Waals surface area contributed by atoms with Crippen LogP contribution in [0.15, 0.2) is 78.9 Å². The zero-order valence-electron chi connectivity index (χ0n) is 17.4. The molecule has 0 aromatic heterocycles. The highest BCUT2D eigenvalue weighted by Gasteiger charge is 2.37. The van der Waals surface area contributed by atoms with Gasteiger partial charge in [-0.15, -0.1) is 0 Å². The standard InChI is InChI=1S/C24H23FN2O4S/c1-17(19-11-13-20(25)14-12-19)26-24(28)23-15-27(21-9-5-6-10-22(21)31-23)32(29,30)16-18-7-3-2-4-8-18/h2-14,17,23H,15-16H2,1H3,(H,26,28)/t17-,23-/m0/s1. The van der Waals surface area contributed by atoms with Crippen LogP contribution in [-0.2, 0) is 20.6 Å². The summed E-state index contributed by atoms with van der Waals surface area (Å²) >= 11 is 0. The molecule has 32 heavy (non-hydrogen) atoms. The van der Waals surface area contributed by atoms with Gasteiger partial charge in [0.1, 0.15) is 11.6 Å². The van der Waals surface area contributed by atoms with Gasteiger partial charge in [0.05, 0.1) is 24.0 Å². The van der Waals surface area contributed by atoms with Crippen LogP contribution in [0.1, 0.15) is 24.1 Å². The summed E-state index contributed by atoms with van der Waals surface area (Å²) in [5, 5.41) is 2.83. The van der Waals surface area contributed by atoms with E-state index in [9.17, 15) is 17.6 Å². The Labute approximate surface area is 186 Å². The largest absolute Gasteiger partial charge is 0.476 e. The second-order valence-electron chi connectivity index (χ2n) is 7.63. The lowest BCUT2D eigenvalue weighted by Crippen LogP contribution is -2.51. The van der Waals surface area contributed by atoms with E-state index in [1.165, 1.54) is 16.4 Å². The van der Waals surface area contributed by atoms with Crippen molar-refractivity contribution in [3.05, 3.63) is 95.8 Å². The number of benzene rings is 3. The minimum atomic E-state index is -3.77. The van der Waals surface area contributed by atoms with Crippen LogP contribution in [-0.4, -0.2) is 27.0 Å². The van der Waals surface area contributed by atoms with Crippen LogP contribution < -0.4 is 14.4 Å². The maximum absolute atomic E-state index is 13.3. The van der Waals surface area contributed by atoms with Gasteiger partial charge in [-0.3, -0.25) is 9.10 Å². The van der Waals surface area contributed by atoms with Gasteiger partial charge in [-0.1, -0.05) is 54.6 Å². The number of para-hydroxylation sites is 2. The number of hydrogen-bond donors (Lipinski definition) is 1. The average molecular weight is 455 g/mol. The molecule has 0 aliphatic carbocycles. The van der Waals surface area contributed by atoms with E-state index in [1.807, 2.05) is 6.07 Å². The number of nitrogens with one attached hydrogen (secondary N) is 1. The third kappa shape index (κ3) is 4.75. The first-order chi connectivity index (χ1) is 15.3. The molecule has 1 heterocycles. The summed E-state index contributed by atoms with van der Waals surface area (Å²) in [6.07, 6.45) is -1.03. The number of sulfonamides is 1. The number of nitrogens with zero attached hydrogens (tertiary/aromatic N) is 1. The van der Waals surface area contributed by atoms with Crippen molar-refractivity contribution in [3.63, 3.8) is 0 Å². The van der Waals surface area contributed by atoms with E-state index in [1.54, 1.807) is 67.6 Å². The Morgan fingerprint density at radius 2 is 1.72 bits per heavy atom. The average Bonchev–Trinajstić information content (AvgIpc) is 2.79. The molecule has 0 radical (unpaired) electrons. The number of fused-ring (bicyclic) bond motifs is 1. The first-order valence-electron chi connectivity index (χ1n) is 10.2. The Bertz CT molecular complexity index is 1200. The van der Waals surface area contributed by atoms with E-state index in [0.29, 0.717) is 17.0 Å². The highest BCUT2D eigenvalue weighted by Crippen LogP contribution is 2.36. The highest BCUT2D eigenvalue weighted by molar-refractivity contribution is 7.92. The van der Waals surface area contributed by atoms with Crippen LogP contribution >= 0.6 is 0 Å². The van der Waals surface area contributed by atoms with Gasteiger partial charge >= 0.3 is 0 Å². The lowest BCUT2D eigenvalue weighted by atomic mass is 10.1. The molecule has 1 aliphatic heterocycles. The molecule has 8 heteroatoms. The van der Waals surface area contributed by atoms with E-state index in [2.05, 4.69) is 5.32 Å². The Morgan fingerprint density at radius 1 is 1.06 bits per heavy atom. The molecule has 1 N–H and O–H groups in total. The van der Waals surface area contributed by atoms with Gasteiger partial charge in [-0.25, -0.2) is 12.8 Å². The predicted molar refractivity (Wildman–Crippen MR) is 120 cm³/mol. The molecule has 0 unspecified atom stereocenters. The summed E-state index contributed by atoms with van der Waals surface area (Å²) in [6.45, 7) is 1.62. The highest BCUT2D eigenvalue weighted by atomic mass is 32.2. The lowest BCUT2D eigenvalue weighted by molar-refractivity contribution is -0.128. The smallest absolute Gasteiger partial charge is 0.263 e. The van der Waals surface area contributed by atoms with Crippen LogP contribution in [0.3, 0.4) is 0 Å². The number of carbonyl (C=O) groups excluding carboxylic acids is 1. The van der Waals surface area contributed by atoms with E-state index < -0.39 is 28.1 Å². The van der Waals surface area contributed by atoms with Gasteiger partial charge in [0.15, 0.2) is 6.10 Å². The van der Waals surface area contributed by atoms with Crippen molar-refractivity contribution in [2.24, 2.45) is 0 Å². The Balaban J connectivity index is 1.56. The number of rotatable bonds is 6. The Morgan fingerprint density at radius 3 is 2.44 bits per heavy atom.